The van der Waals surface area contributed by atoms with Crippen LogP contribution in [0.5, 0.6) is 0 Å². The van der Waals surface area contributed by atoms with Gasteiger partial charge in [-0.15, -0.1) is 11.3 Å². The Labute approximate surface area is 181 Å². The van der Waals surface area contributed by atoms with E-state index >= 15 is 0 Å². The standard InChI is InChI=1S/C24H25N3S2/c1-17-10-11-23-22(15-17)21(18(2)25-23)12-13-27(16-20-9-6-14-29-20)24(28)26-19-7-4-3-5-8-19/h3-11,14-15,25H,12-13,16H2,1-2H3,(H,26,28). The Morgan fingerprint density at radius 2 is 1.90 bits per heavy atom. The minimum absolute atomic E-state index is 0.762. The minimum Gasteiger partial charge on any atom is -0.358 e. The molecule has 4 aromatic rings. The molecular weight excluding hydrogens is 394 g/mol. The van der Waals surface area contributed by atoms with Gasteiger partial charge in [-0.2, -0.15) is 0 Å². The van der Waals surface area contributed by atoms with Crippen LogP contribution < -0.4 is 5.32 Å². The highest BCUT2D eigenvalue weighted by Crippen LogP contribution is 2.24. The van der Waals surface area contributed by atoms with Crippen LogP contribution in [0, 0.1) is 13.8 Å². The van der Waals surface area contributed by atoms with Crippen LogP contribution in [-0.2, 0) is 13.0 Å². The van der Waals surface area contributed by atoms with Crippen molar-refractivity contribution in [2.24, 2.45) is 0 Å². The van der Waals surface area contributed by atoms with Crippen molar-refractivity contribution in [3.8, 4) is 0 Å². The van der Waals surface area contributed by atoms with Crippen LogP contribution in [-0.4, -0.2) is 21.5 Å². The molecule has 0 aliphatic rings. The maximum absolute atomic E-state index is 5.79. The number of fused-ring (bicyclic) bond motifs is 1. The fourth-order valence-electron chi connectivity index (χ4n) is 3.63. The molecule has 0 aliphatic heterocycles. The number of benzene rings is 2. The second kappa shape index (κ2) is 8.80. The lowest BCUT2D eigenvalue weighted by Crippen LogP contribution is -2.35. The van der Waals surface area contributed by atoms with E-state index in [2.05, 4.69) is 64.8 Å². The quantitative estimate of drug-likeness (QED) is 0.360. The zero-order valence-electron chi connectivity index (χ0n) is 16.7. The molecule has 4 rings (SSSR count). The number of aromatic nitrogens is 1. The number of H-pyrrole nitrogens is 1. The Hall–Kier alpha value is -2.63. The van der Waals surface area contributed by atoms with Crippen LogP contribution in [0.3, 0.4) is 0 Å². The number of para-hydroxylation sites is 1. The SMILES string of the molecule is Cc1ccc2[nH]c(C)c(CCN(Cc3cccs3)C(=S)Nc3ccccc3)c2c1. The van der Waals surface area contributed by atoms with Crippen molar-refractivity contribution in [1.29, 1.82) is 0 Å². The van der Waals surface area contributed by atoms with E-state index in [9.17, 15) is 0 Å². The lowest BCUT2D eigenvalue weighted by atomic mass is 10.1. The Morgan fingerprint density at radius 1 is 1.07 bits per heavy atom. The highest BCUT2D eigenvalue weighted by Gasteiger charge is 2.15. The van der Waals surface area contributed by atoms with Gasteiger partial charge in [-0.1, -0.05) is 35.9 Å². The molecule has 2 aromatic heterocycles. The second-order valence-electron chi connectivity index (χ2n) is 7.32. The van der Waals surface area contributed by atoms with Gasteiger partial charge < -0.3 is 15.2 Å². The highest BCUT2D eigenvalue weighted by molar-refractivity contribution is 7.80. The molecule has 0 atom stereocenters. The number of aryl methyl sites for hydroxylation is 2. The van der Waals surface area contributed by atoms with E-state index in [-0.39, 0.29) is 0 Å². The van der Waals surface area contributed by atoms with Gasteiger partial charge in [-0.05, 0) is 73.8 Å². The maximum Gasteiger partial charge on any atom is 0.173 e. The van der Waals surface area contributed by atoms with Gasteiger partial charge in [0.05, 0.1) is 6.54 Å². The molecule has 0 amide bonds. The zero-order chi connectivity index (χ0) is 20.2. The van der Waals surface area contributed by atoms with E-state index in [4.69, 9.17) is 12.2 Å². The van der Waals surface area contributed by atoms with Crippen molar-refractivity contribution in [2.45, 2.75) is 26.8 Å². The van der Waals surface area contributed by atoms with Crippen LogP contribution in [0.1, 0.15) is 21.7 Å². The molecule has 0 radical (unpaired) electrons. The summed E-state index contributed by atoms with van der Waals surface area (Å²) in [6.45, 7) is 5.98. The average molecular weight is 420 g/mol. The molecule has 0 aliphatic carbocycles. The fraction of sp³-hybridized carbons (Fsp3) is 0.208. The van der Waals surface area contributed by atoms with E-state index in [1.165, 1.54) is 32.6 Å². The van der Waals surface area contributed by atoms with Crippen LogP contribution >= 0.6 is 23.6 Å². The molecule has 2 N–H and O–H groups in total. The lowest BCUT2D eigenvalue weighted by molar-refractivity contribution is 0.427. The lowest BCUT2D eigenvalue weighted by Gasteiger charge is -2.25. The third-order valence-corrected chi connectivity index (χ3v) is 6.37. The Bertz CT molecular complexity index is 1100. The van der Waals surface area contributed by atoms with Crippen molar-refractivity contribution in [3.63, 3.8) is 0 Å². The maximum atomic E-state index is 5.79. The molecule has 0 saturated carbocycles. The number of thiocarbonyl (C=S) groups is 1. The van der Waals surface area contributed by atoms with Crippen LogP contribution in [0.25, 0.3) is 10.9 Å². The van der Waals surface area contributed by atoms with E-state index in [1.54, 1.807) is 11.3 Å². The van der Waals surface area contributed by atoms with Gasteiger partial charge >= 0.3 is 0 Å². The molecule has 0 unspecified atom stereocenters. The summed E-state index contributed by atoms with van der Waals surface area (Å²) in [5, 5.41) is 7.60. The Balaban J connectivity index is 1.54. The second-order valence-corrected chi connectivity index (χ2v) is 8.74. The van der Waals surface area contributed by atoms with E-state index in [0.717, 1.165) is 30.3 Å². The number of rotatable bonds is 6. The predicted octanol–water partition coefficient (Wildman–Crippen LogP) is 6.29. The first kappa shape index (κ1) is 19.7. The average Bonchev–Trinajstić information content (AvgIpc) is 3.33. The van der Waals surface area contributed by atoms with Crippen LogP contribution in [0.15, 0.2) is 66.0 Å². The molecule has 0 fully saturated rings. The van der Waals surface area contributed by atoms with E-state index < -0.39 is 0 Å². The van der Waals surface area contributed by atoms with Gasteiger partial charge in [-0.25, -0.2) is 0 Å². The molecule has 2 heterocycles. The first-order chi connectivity index (χ1) is 14.1. The number of hydrogen-bond acceptors (Lipinski definition) is 2. The Morgan fingerprint density at radius 3 is 2.66 bits per heavy atom. The molecule has 0 bridgehead atoms. The topological polar surface area (TPSA) is 31.1 Å². The van der Waals surface area contributed by atoms with Crippen molar-refractivity contribution >= 4 is 45.3 Å². The first-order valence-corrected chi connectivity index (χ1v) is 11.1. The van der Waals surface area contributed by atoms with Crippen LogP contribution in [0.4, 0.5) is 5.69 Å². The number of nitrogens with zero attached hydrogens (tertiary/aromatic N) is 1. The van der Waals surface area contributed by atoms with Crippen molar-refractivity contribution in [3.05, 3.63) is 87.7 Å². The molecule has 2 aromatic carbocycles. The summed E-state index contributed by atoms with van der Waals surface area (Å²) < 4.78 is 0. The number of nitrogens with one attached hydrogen (secondary N) is 2. The summed E-state index contributed by atoms with van der Waals surface area (Å²) in [4.78, 5) is 7.11. The van der Waals surface area contributed by atoms with Gasteiger partial charge in [0, 0.05) is 33.7 Å². The minimum atomic E-state index is 0.762. The summed E-state index contributed by atoms with van der Waals surface area (Å²) in [6, 6.07) is 21.0. The largest absolute Gasteiger partial charge is 0.358 e. The predicted molar refractivity (Wildman–Crippen MR) is 129 cm³/mol. The number of anilines is 1. The molecule has 29 heavy (non-hydrogen) atoms. The van der Waals surface area contributed by atoms with Crippen molar-refractivity contribution in [2.75, 3.05) is 11.9 Å². The highest BCUT2D eigenvalue weighted by atomic mass is 32.1. The summed E-state index contributed by atoms with van der Waals surface area (Å²) in [7, 11) is 0. The smallest absolute Gasteiger partial charge is 0.173 e. The molecule has 0 saturated heterocycles. The Kier molecular flexibility index (Phi) is 5.97. The fourth-order valence-corrected chi connectivity index (χ4v) is 4.63. The van der Waals surface area contributed by atoms with Crippen molar-refractivity contribution < 1.29 is 0 Å². The number of thiophene rings is 1. The monoisotopic (exact) mass is 419 g/mol. The van der Waals surface area contributed by atoms with Crippen LogP contribution in [0.2, 0.25) is 0 Å². The normalized spacial score (nSPS) is 11.0. The molecule has 0 spiro atoms. The summed E-state index contributed by atoms with van der Waals surface area (Å²) in [5.41, 5.74) is 6.13. The third-order valence-electron chi connectivity index (χ3n) is 5.15. The zero-order valence-corrected chi connectivity index (χ0v) is 18.4. The molecule has 148 valence electrons. The van der Waals surface area contributed by atoms with Gasteiger partial charge in [0.15, 0.2) is 5.11 Å². The van der Waals surface area contributed by atoms with Gasteiger partial charge in [0.1, 0.15) is 0 Å². The summed E-state index contributed by atoms with van der Waals surface area (Å²) in [6.07, 6.45) is 0.942. The number of hydrogen-bond donors (Lipinski definition) is 2. The van der Waals surface area contributed by atoms with Gasteiger partial charge in [-0.3, -0.25) is 0 Å². The summed E-state index contributed by atoms with van der Waals surface area (Å²) in [5.74, 6) is 0. The summed E-state index contributed by atoms with van der Waals surface area (Å²) >= 11 is 7.56. The van der Waals surface area contributed by atoms with E-state index in [0.29, 0.717) is 0 Å². The molecule has 3 nitrogen and oxygen atoms in total. The number of aromatic amines is 1. The first-order valence-electron chi connectivity index (χ1n) is 9.81. The van der Waals surface area contributed by atoms with Gasteiger partial charge in [0.25, 0.3) is 0 Å². The molecular formula is C24H25N3S2. The molecule has 5 heteroatoms. The third kappa shape index (κ3) is 4.69. The van der Waals surface area contributed by atoms with E-state index in [1.807, 2.05) is 30.3 Å². The van der Waals surface area contributed by atoms with Crippen molar-refractivity contribution in [1.82, 2.24) is 9.88 Å². The van der Waals surface area contributed by atoms with Gasteiger partial charge in [0.2, 0.25) is 0 Å².